The first kappa shape index (κ1) is 24.0. The normalized spacial score (nSPS) is 18.4. The molecule has 0 bridgehead atoms. The third kappa shape index (κ3) is 6.86. The van der Waals surface area contributed by atoms with Crippen LogP contribution >= 0.6 is 24.0 Å². The summed E-state index contributed by atoms with van der Waals surface area (Å²) in [4.78, 5) is 18.1. The molecule has 1 aromatic carbocycles. The number of halogens is 1. The van der Waals surface area contributed by atoms with Crippen molar-refractivity contribution in [3.8, 4) is 0 Å². The zero-order valence-corrected chi connectivity index (χ0v) is 20.5. The van der Waals surface area contributed by atoms with Crippen LogP contribution in [-0.4, -0.2) is 36.9 Å². The molecule has 2 aliphatic rings. The molecule has 2 N–H and O–H groups in total. The number of nitrogens with zero attached hydrogens (tertiary/aromatic N) is 2. The Morgan fingerprint density at radius 2 is 1.83 bits per heavy atom. The molecule has 1 aliphatic heterocycles. The zero-order valence-electron chi connectivity index (χ0n) is 18.2. The first-order chi connectivity index (χ1) is 13.5. The van der Waals surface area contributed by atoms with Gasteiger partial charge in [-0.25, -0.2) is 0 Å². The van der Waals surface area contributed by atoms with Gasteiger partial charge < -0.3 is 15.5 Å². The maximum absolute atomic E-state index is 11.8. The maximum atomic E-state index is 11.8. The molecule has 5 nitrogen and oxygen atoms in total. The van der Waals surface area contributed by atoms with Crippen LogP contribution in [0.1, 0.15) is 63.5 Å². The van der Waals surface area contributed by atoms with Crippen LogP contribution in [0.2, 0.25) is 0 Å². The van der Waals surface area contributed by atoms with Crippen LogP contribution in [0.5, 0.6) is 0 Å². The Hall–Kier alpha value is -1.31. The SMILES string of the molecule is CN=C(NCc1ccc(CN2CCCC2=O)cc1)NCC1(CC(C)C)CCC1.I. The lowest BCUT2D eigenvalue weighted by molar-refractivity contribution is -0.128. The quantitative estimate of drug-likeness (QED) is 0.310. The number of carbonyl (C=O) groups is 1. The third-order valence-electron chi connectivity index (χ3n) is 6.14. The van der Waals surface area contributed by atoms with Crippen LogP contribution in [0.15, 0.2) is 29.3 Å². The summed E-state index contributed by atoms with van der Waals surface area (Å²) in [7, 11) is 1.83. The van der Waals surface area contributed by atoms with Crippen molar-refractivity contribution in [2.75, 3.05) is 20.1 Å². The smallest absolute Gasteiger partial charge is 0.222 e. The van der Waals surface area contributed by atoms with Crippen LogP contribution in [0, 0.1) is 11.3 Å². The minimum Gasteiger partial charge on any atom is -0.356 e. The van der Waals surface area contributed by atoms with Gasteiger partial charge in [-0.1, -0.05) is 44.5 Å². The average molecular weight is 512 g/mol. The van der Waals surface area contributed by atoms with Crippen molar-refractivity contribution in [2.45, 2.75) is 65.5 Å². The molecular formula is C23H37IN4O. The number of amides is 1. The van der Waals surface area contributed by atoms with Crippen LogP contribution in [0.4, 0.5) is 0 Å². The largest absolute Gasteiger partial charge is 0.356 e. The number of benzene rings is 1. The summed E-state index contributed by atoms with van der Waals surface area (Å²) in [5, 5.41) is 6.98. The predicted octanol–water partition coefficient (Wildman–Crippen LogP) is 4.31. The van der Waals surface area contributed by atoms with Gasteiger partial charge in [0, 0.05) is 39.6 Å². The van der Waals surface area contributed by atoms with Gasteiger partial charge in [-0.3, -0.25) is 9.79 Å². The Bertz CT molecular complexity index is 683. The molecule has 1 heterocycles. The Morgan fingerprint density at radius 1 is 1.14 bits per heavy atom. The van der Waals surface area contributed by atoms with E-state index >= 15 is 0 Å². The van der Waals surface area contributed by atoms with Gasteiger partial charge in [0.25, 0.3) is 0 Å². The van der Waals surface area contributed by atoms with Crippen LogP contribution in [0.25, 0.3) is 0 Å². The molecule has 6 heteroatoms. The van der Waals surface area contributed by atoms with Crippen molar-refractivity contribution in [1.82, 2.24) is 15.5 Å². The molecule has 0 spiro atoms. The third-order valence-corrected chi connectivity index (χ3v) is 6.14. The van der Waals surface area contributed by atoms with E-state index in [1.807, 2.05) is 11.9 Å². The van der Waals surface area contributed by atoms with E-state index < -0.39 is 0 Å². The molecule has 1 saturated heterocycles. The number of rotatable bonds is 8. The lowest BCUT2D eigenvalue weighted by Gasteiger charge is -2.43. The Balaban J connectivity index is 0.00000300. The minimum atomic E-state index is 0. The fourth-order valence-corrected chi connectivity index (χ4v) is 4.53. The number of carbonyl (C=O) groups excluding carboxylic acids is 1. The van der Waals surface area contributed by atoms with Crippen LogP contribution in [0.3, 0.4) is 0 Å². The van der Waals surface area contributed by atoms with Gasteiger partial charge >= 0.3 is 0 Å². The lowest BCUT2D eigenvalue weighted by atomic mass is 9.64. The van der Waals surface area contributed by atoms with E-state index in [2.05, 4.69) is 53.7 Å². The minimum absolute atomic E-state index is 0. The second-order valence-corrected chi connectivity index (χ2v) is 8.97. The molecular weight excluding hydrogens is 475 g/mol. The maximum Gasteiger partial charge on any atom is 0.222 e. The lowest BCUT2D eigenvalue weighted by Crippen LogP contribution is -2.46. The van der Waals surface area contributed by atoms with E-state index in [1.54, 1.807) is 0 Å². The molecule has 162 valence electrons. The van der Waals surface area contributed by atoms with Crippen molar-refractivity contribution in [3.05, 3.63) is 35.4 Å². The Morgan fingerprint density at radius 3 is 2.34 bits per heavy atom. The highest BCUT2D eigenvalue weighted by Crippen LogP contribution is 2.45. The van der Waals surface area contributed by atoms with Gasteiger partial charge in [-0.05, 0) is 48.1 Å². The van der Waals surface area contributed by atoms with Crippen molar-refractivity contribution in [1.29, 1.82) is 0 Å². The van der Waals surface area contributed by atoms with E-state index in [1.165, 1.54) is 36.8 Å². The molecule has 0 atom stereocenters. The van der Waals surface area contributed by atoms with Gasteiger partial charge in [-0.2, -0.15) is 0 Å². The number of likely N-dealkylation sites (tertiary alicyclic amines) is 1. The van der Waals surface area contributed by atoms with E-state index in [4.69, 9.17) is 0 Å². The molecule has 29 heavy (non-hydrogen) atoms. The summed E-state index contributed by atoms with van der Waals surface area (Å²) >= 11 is 0. The topological polar surface area (TPSA) is 56.7 Å². The van der Waals surface area contributed by atoms with E-state index in [0.29, 0.717) is 11.8 Å². The molecule has 1 aliphatic carbocycles. The standard InChI is InChI=1S/C23H36N4O.HI/c1-18(2)14-23(11-5-12-23)17-26-22(24-3)25-15-19-7-9-20(10-8-19)16-27-13-4-6-21(27)28;/h7-10,18H,4-6,11-17H2,1-3H3,(H2,24,25,26);1H. The summed E-state index contributed by atoms with van der Waals surface area (Å²) in [6.07, 6.45) is 7.00. The predicted molar refractivity (Wildman–Crippen MR) is 130 cm³/mol. The second-order valence-electron chi connectivity index (χ2n) is 8.97. The summed E-state index contributed by atoms with van der Waals surface area (Å²) in [6, 6.07) is 8.54. The van der Waals surface area contributed by atoms with Crippen molar-refractivity contribution in [2.24, 2.45) is 16.3 Å². The Labute approximate surface area is 193 Å². The van der Waals surface area contributed by atoms with Crippen LogP contribution in [-0.2, 0) is 17.9 Å². The summed E-state index contributed by atoms with van der Waals surface area (Å²) in [5.74, 6) is 1.90. The monoisotopic (exact) mass is 512 g/mol. The van der Waals surface area contributed by atoms with E-state index in [-0.39, 0.29) is 29.9 Å². The highest BCUT2D eigenvalue weighted by molar-refractivity contribution is 14.0. The van der Waals surface area contributed by atoms with Gasteiger partial charge in [0.15, 0.2) is 5.96 Å². The van der Waals surface area contributed by atoms with Crippen LogP contribution < -0.4 is 10.6 Å². The van der Waals surface area contributed by atoms with E-state index in [9.17, 15) is 4.79 Å². The van der Waals surface area contributed by atoms with Gasteiger partial charge in [0.1, 0.15) is 0 Å². The van der Waals surface area contributed by atoms with Crippen molar-refractivity contribution >= 4 is 35.8 Å². The van der Waals surface area contributed by atoms with Gasteiger partial charge in [-0.15, -0.1) is 24.0 Å². The summed E-state index contributed by atoms with van der Waals surface area (Å²) < 4.78 is 0. The van der Waals surface area contributed by atoms with Crippen molar-refractivity contribution in [3.63, 3.8) is 0 Å². The van der Waals surface area contributed by atoms with E-state index in [0.717, 1.165) is 44.5 Å². The van der Waals surface area contributed by atoms with Gasteiger partial charge in [0.2, 0.25) is 5.91 Å². The number of hydrogen-bond acceptors (Lipinski definition) is 2. The first-order valence-electron chi connectivity index (χ1n) is 10.8. The van der Waals surface area contributed by atoms with Crippen molar-refractivity contribution < 1.29 is 4.79 Å². The molecule has 0 aromatic heterocycles. The number of nitrogens with one attached hydrogen (secondary N) is 2. The fourth-order valence-electron chi connectivity index (χ4n) is 4.53. The molecule has 1 saturated carbocycles. The Kier molecular flexibility index (Phi) is 9.24. The van der Waals surface area contributed by atoms with Gasteiger partial charge in [0.05, 0.1) is 0 Å². The average Bonchev–Trinajstić information content (AvgIpc) is 3.05. The zero-order chi connectivity index (χ0) is 20.0. The molecule has 0 unspecified atom stereocenters. The number of guanidine groups is 1. The number of aliphatic imine (C=N–C) groups is 1. The molecule has 0 radical (unpaired) electrons. The molecule has 1 amide bonds. The fraction of sp³-hybridized carbons (Fsp3) is 0.652. The summed E-state index contributed by atoms with van der Waals surface area (Å²) in [5.41, 5.74) is 2.88. The molecule has 1 aromatic rings. The summed E-state index contributed by atoms with van der Waals surface area (Å²) in [6.45, 7) is 8.01. The first-order valence-corrected chi connectivity index (χ1v) is 10.8. The molecule has 2 fully saturated rings. The molecule has 3 rings (SSSR count). The number of hydrogen-bond donors (Lipinski definition) is 2. The highest BCUT2D eigenvalue weighted by atomic mass is 127. The second kappa shape index (κ2) is 11.2. The highest BCUT2D eigenvalue weighted by Gasteiger charge is 2.37.